The Balaban J connectivity index is 1.91. The molecule has 0 saturated carbocycles. The molecule has 22 heavy (non-hydrogen) atoms. The first-order valence-electron chi connectivity index (χ1n) is 6.73. The van der Waals surface area contributed by atoms with Crippen LogP contribution in [0.1, 0.15) is 5.69 Å². The van der Waals surface area contributed by atoms with E-state index in [4.69, 9.17) is 10.5 Å². The number of fused-ring (bicyclic) bond motifs is 1. The smallest absolute Gasteiger partial charge is 0.255 e. The fourth-order valence-corrected chi connectivity index (χ4v) is 3.94. The molecule has 1 saturated heterocycles. The molecule has 0 bridgehead atoms. The van der Waals surface area contributed by atoms with Gasteiger partial charge in [-0.05, 0) is 6.92 Å². The van der Waals surface area contributed by atoms with Crippen molar-refractivity contribution < 1.29 is 13.3 Å². The predicted octanol–water partition coefficient (Wildman–Crippen LogP) is -0.586. The number of aliphatic imine (C=N–C) groups is 1. The molecular formula is C12H17FN6O2S. The van der Waals surface area contributed by atoms with E-state index in [0.29, 0.717) is 19.0 Å². The summed E-state index contributed by atoms with van der Waals surface area (Å²) >= 11 is 0. The lowest BCUT2D eigenvalue weighted by Crippen LogP contribution is -2.48. The molecule has 2 aliphatic heterocycles. The van der Waals surface area contributed by atoms with Crippen LogP contribution in [-0.2, 0) is 11.0 Å². The highest BCUT2D eigenvalue weighted by Crippen LogP contribution is 2.28. The molecule has 8 nitrogen and oxygen atoms in total. The molecule has 3 heterocycles. The van der Waals surface area contributed by atoms with Crippen LogP contribution in [0.5, 0.6) is 5.88 Å². The van der Waals surface area contributed by atoms with E-state index in [1.54, 1.807) is 14.0 Å². The van der Waals surface area contributed by atoms with Crippen LogP contribution in [0, 0.1) is 12.7 Å². The average Bonchev–Trinajstić information content (AvgIpc) is 2.91. The molecule has 2 N–H and O–H groups in total. The van der Waals surface area contributed by atoms with Crippen molar-refractivity contribution in [3.8, 4) is 5.88 Å². The molecule has 0 aromatic carbocycles. The summed E-state index contributed by atoms with van der Waals surface area (Å²) in [5.74, 6) is -0.0686. The monoisotopic (exact) mass is 328 g/mol. The van der Waals surface area contributed by atoms with Crippen LogP contribution in [0.4, 0.5) is 10.3 Å². The van der Waals surface area contributed by atoms with Crippen molar-refractivity contribution in [2.24, 2.45) is 10.7 Å². The molecule has 120 valence electrons. The predicted molar refractivity (Wildman–Crippen MR) is 80.6 cm³/mol. The Morgan fingerprint density at radius 1 is 1.41 bits per heavy atom. The number of aryl methyl sites for hydroxylation is 1. The SMILES string of the molecule is COc1nc(N2CC3N=C(N)N(C)S(=O)C3C2)nc(C)c1F. The summed E-state index contributed by atoms with van der Waals surface area (Å²) in [6, 6.07) is -0.183. The Hall–Kier alpha value is -1.97. The van der Waals surface area contributed by atoms with Crippen LogP contribution < -0.4 is 15.4 Å². The van der Waals surface area contributed by atoms with E-state index in [2.05, 4.69) is 15.0 Å². The lowest BCUT2D eigenvalue weighted by Gasteiger charge is -2.28. The average molecular weight is 328 g/mol. The zero-order chi connectivity index (χ0) is 16.0. The highest BCUT2D eigenvalue weighted by molar-refractivity contribution is 7.84. The van der Waals surface area contributed by atoms with Gasteiger partial charge in [-0.15, -0.1) is 0 Å². The Morgan fingerprint density at radius 2 is 2.14 bits per heavy atom. The number of aromatic nitrogens is 2. The molecule has 1 fully saturated rings. The van der Waals surface area contributed by atoms with E-state index >= 15 is 0 Å². The van der Waals surface area contributed by atoms with E-state index in [1.807, 2.05) is 4.90 Å². The number of methoxy groups -OCH3 is 1. The molecule has 0 radical (unpaired) electrons. The summed E-state index contributed by atoms with van der Waals surface area (Å²) in [5.41, 5.74) is 5.97. The van der Waals surface area contributed by atoms with Gasteiger partial charge in [-0.2, -0.15) is 9.37 Å². The maximum absolute atomic E-state index is 13.8. The molecule has 1 aromatic heterocycles. The van der Waals surface area contributed by atoms with Crippen molar-refractivity contribution in [3.05, 3.63) is 11.5 Å². The van der Waals surface area contributed by atoms with Gasteiger partial charge in [0.05, 0.1) is 24.1 Å². The molecule has 3 unspecified atom stereocenters. The van der Waals surface area contributed by atoms with Gasteiger partial charge in [0.25, 0.3) is 5.88 Å². The van der Waals surface area contributed by atoms with Gasteiger partial charge in [0.1, 0.15) is 11.0 Å². The highest BCUT2D eigenvalue weighted by Gasteiger charge is 2.43. The molecule has 0 spiro atoms. The highest BCUT2D eigenvalue weighted by atomic mass is 32.2. The first-order chi connectivity index (χ1) is 10.4. The van der Waals surface area contributed by atoms with Gasteiger partial charge in [-0.3, -0.25) is 4.31 Å². The van der Waals surface area contributed by atoms with Gasteiger partial charge < -0.3 is 15.4 Å². The van der Waals surface area contributed by atoms with Crippen LogP contribution in [0.3, 0.4) is 0 Å². The minimum Gasteiger partial charge on any atom is -0.479 e. The minimum atomic E-state index is -1.26. The number of halogens is 1. The maximum atomic E-state index is 13.8. The van der Waals surface area contributed by atoms with Crippen molar-refractivity contribution in [1.29, 1.82) is 0 Å². The second-order valence-corrected chi connectivity index (χ2v) is 6.91. The van der Waals surface area contributed by atoms with Gasteiger partial charge in [0.15, 0.2) is 0 Å². The first-order valence-corrected chi connectivity index (χ1v) is 7.90. The number of ether oxygens (including phenoxy) is 1. The van der Waals surface area contributed by atoms with Crippen molar-refractivity contribution in [2.45, 2.75) is 18.2 Å². The summed E-state index contributed by atoms with van der Waals surface area (Å²) in [5, 5.41) is -0.183. The zero-order valence-electron chi connectivity index (χ0n) is 12.5. The Labute approximate surface area is 129 Å². The van der Waals surface area contributed by atoms with E-state index in [-0.39, 0.29) is 28.8 Å². The number of anilines is 1. The van der Waals surface area contributed by atoms with Crippen molar-refractivity contribution in [1.82, 2.24) is 14.3 Å². The number of guanidine groups is 1. The first kappa shape index (κ1) is 14.9. The summed E-state index contributed by atoms with van der Waals surface area (Å²) < 4.78 is 32.5. The fraction of sp³-hybridized carbons (Fsp3) is 0.583. The number of hydrogen-bond acceptors (Lipinski definition) is 7. The number of nitrogens with zero attached hydrogens (tertiary/aromatic N) is 5. The van der Waals surface area contributed by atoms with E-state index in [0.717, 1.165) is 0 Å². The topological polar surface area (TPSA) is 96.9 Å². The molecule has 0 aliphatic carbocycles. The largest absolute Gasteiger partial charge is 0.479 e. The lowest BCUT2D eigenvalue weighted by atomic mass is 10.3. The number of hydrogen-bond donors (Lipinski definition) is 1. The molecule has 0 amide bonds. The van der Waals surface area contributed by atoms with Crippen LogP contribution in [0.2, 0.25) is 0 Å². The summed E-state index contributed by atoms with van der Waals surface area (Å²) in [6.45, 7) is 2.50. The van der Waals surface area contributed by atoms with Gasteiger partial charge in [-0.25, -0.2) is 14.2 Å². The van der Waals surface area contributed by atoms with Gasteiger partial charge in [0.2, 0.25) is 17.7 Å². The molecular weight excluding hydrogens is 311 g/mol. The van der Waals surface area contributed by atoms with Crippen molar-refractivity contribution >= 4 is 22.9 Å². The molecule has 1 aromatic rings. The van der Waals surface area contributed by atoms with Crippen molar-refractivity contribution in [2.75, 3.05) is 32.1 Å². The van der Waals surface area contributed by atoms with Gasteiger partial charge in [-0.1, -0.05) is 0 Å². The van der Waals surface area contributed by atoms with Crippen LogP contribution in [0.25, 0.3) is 0 Å². The Morgan fingerprint density at radius 3 is 2.82 bits per heavy atom. The fourth-order valence-electron chi connectivity index (χ4n) is 2.58. The summed E-state index contributed by atoms with van der Waals surface area (Å²) in [6.07, 6.45) is 0. The van der Waals surface area contributed by atoms with E-state index in [9.17, 15) is 8.60 Å². The number of nitrogens with two attached hydrogens (primary N) is 1. The minimum absolute atomic E-state index is 0.0985. The van der Waals surface area contributed by atoms with Gasteiger partial charge in [0, 0.05) is 20.1 Å². The van der Waals surface area contributed by atoms with Crippen LogP contribution in [-0.4, -0.2) is 63.0 Å². The van der Waals surface area contributed by atoms with Crippen LogP contribution >= 0.6 is 0 Å². The van der Waals surface area contributed by atoms with E-state index < -0.39 is 16.8 Å². The Kier molecular flexibility index (Phi) is 3.63. The zero-order valence-corrected chi connectivity index (χ0v) is 13.3. The lowest BCUT2D eigenvalue weighted by molar-refractivity contribution is 0.365. The summed E-state index contributed by atoms with van der Waals surface area (Å²) in [7, 11) is 1.75. The molecule has 3 atom stereocenters. The third-order valence-electron chi connectivity index (χ3n) is 3.84. The Bertz CT molecular complexity index is 669. The van der Waals surface area contributed by atoms with Crippen molar-refractivity contribution in [3.63, 3.8) is 0 Å². The van der Waals surface area contributed by atoms with Gasteiger partial charge >= 0.3 is 0 Å². The van der Waals surface area contributed by atoms with Crippen LogP contribution in [0.15, 0.2) is 4.99 Å². The molecule has 3 rings (SSSR count). The maximum Gasteiger partial charge on any atom is 0.255 e. The second kappa shape index (κ2) is 5.34. The molecule has 2 aliphatic rings. The number of rotatable bonds is 2. The summed E-state index contributed by atoms with van der Waals surface area (Å²) in [4.78, 5) is 14.4. The third kappa shape index (κ3) is 2.27. The molecule has 10 heteroatoms. The second-order valence-electron chi connectivity index (χ2n) is 5.20. The third-order valence-corrected chi connectivity index (χ3v) is 5.55. The standard InChI is InChI=1S/C12H17FN6O2S/c1-6-9(13)10(21-3)17-12(15-6)19-4-7-8(5-19)22(20)18(2)11(14)16-7/h7-8H,4-5H2,1-3H3,(H2,14,16). The van der Waals surface area contributed by atoms with E-state index in [1.165, 1.54) is 11.4 Å². The quantitative estimate of drug-likeness (QED) is 0.780. The normalized spacial score (nSPS) is 27.6.